The van der Waals surface area contributed by atoms with E-state index in [1.165, 1.54) is 22.7 Å². The summed E-state index contributed by atoms with van der Waals surface area (Å²) in [6.45, 7) is 9.53. The second-order valence-corrected chi connectivity index (χ2v) is 9.43. The van der Waals surface area contributed by atoms with Gasteiger partial charge in [0.1, 0.15) is 4.88 Å². The van der Waals surface area contributed by atoms with Gasteiger partial charge >= 0.3 is 0 Å². The highest BCUT2D eigenvalue weighted by atomic mass is 32.1. The Balaban J connectivity index is 1.35. The lowest BCUT2D eigenvalue weighted by molar-refractivity contribution is 0.0447. The average molecular weight is 429 g/mol. The summed E-state index contributed by atoms with van der Waals surface area (Å²) in [6.07, 6.45) is 4.54. The summed E-state index contributed by atoms with van der Waals surface area (Å²) in [4.78, 5) is 18.5. The van der Waals surface area contributed by atoms with E-state index in [-0.39, 0.29) is 12.0 Å². The van der Waals surface area contributed by atoms with Crippen molar-refractivity contribution in [2.75, 3.05) is 32.8 Å². The van der Waals surface area contributed by atoms with E-state index >= 15 is 0 Å². The maximum atomic E-state index is 13.2. The molecule has 0 N–H and O–H groups in total. The molecule has 0 saturated carbocycles. The van der Waals surface area contributed by atoms with Crippen molar-refractivity contribution >= 4 is 17.4 Å². The highest BCUT2D eigenvalue weighted by molar-refractivity contribution is 7.07. The highest BCUT2D eigenvalue weighted by Crippen LogP contribution is 2.24. The number of aryl methyl sites for hydroxylation is 2. The number of rotatable bonds is 7. The van der Waals surface area contributed by atoms with Gasteiger partial charge in [-0.05, 0) is 81.2 Å². The normalized spacial score (nSPS) is 20.5. The number of nitrogens with zero attached hydrogens (tertiary/aromatic N) is 4. The number of carbonyl (C=O) groups is 1. The van der Waals surface area contributed by atoms with Gasteiger partial charge in [-0.1, -0.05) is 28.8 Å². The first-order valence-electron chi connectivity index (χ1n) is 11.1. The summed E-state index contributed by atoms with van der Waals surface area (Å²) < 4.78 is 9.80. The largest absolute Gasteiger partial charge is 0.376 e. The number of likely N-dealkylation sites (tertiary alicyclic amines) is 1. The third-order valence-electron chi connectivity index (χ3n) is 6.42. The Morgan fingerprint density at radius 1 is 1.20 bits per heavy atom. The van der Waals surface area contributed by atoms with Gasteiger partial charge in [0.25, 0.3) is 5.91 Å². The minimum absolute atomic E-state index is 0.0698. The van der Waals surface area contributed by atoms with Crippen LogP contribution >= 0.6 is 11.5 Å². The Morgan fingerprint density at radius 3 is 2.67 bits per heavy atom. The fraction of sp³-hybridized carbons (Fsp3) is 0.609. The van der Waals surface area contributed by atoms with Crippen molar-refractivity contribution in [1.82, 2.24) is 19.4 Å². The first kappa shape index (κ1) is 21.4. The molecule has 2 aliphatic heterocycles. The second-order valence-electron chi connectivity index (χ2n) is 8.68. The molecular weight excluding hydrogens is 396 g/mol. The zero-order valence-electron chi connectivity index (χ0n) is 18.0. The maximum Gasteiger partial charge on any atom is 0.267 e. The average Bonchev–Trinajstić information content (AvgIpc) is 3.42. The van der Waals surface area contributed by atoms with Gasteiger partial charge in [0.05, 0.1) is 11.8 Å². The monoisotopic (exact) mass is 428 g/mol. The molecule has 30 heavy (non-hydrogen) atoms. The van der Waals surface area contributed by atoms with Gasteiger partial charge in [0.2, 0.25) is 0 Å². The lowest BCUT2D eigenvalue weighted by atomic mass is 9.95. The number of piperidine rings is 1. The lowest BCUT2D eigenvalue weighted by Gasteiger charge is -2.35. The molecule has 2 fully saturated rings. The number of hydrogen-bond acceptors (Lipinski definition) is 6. The van der Waals surface area contributed by atoms with Crippen molar-refractivity contribution in [3.05, 3.63) is 46.0 Å². The molecule has 2 saturated heterocycles. The Labute approximate surface area is 183 Å². The smallest absolute Gasteiger partial charge is 0.267 e. The van der Waals surface area contributed by atoms with Gasteiger partial charge < -0.3 is 9.64 Å². The van der Waals surface area contributed by atoms with Crippen LogP contribution in [-0.2, 0) is 11.3 Å². The third kappa shape index (κ3) is 5.25. The number of amides is 1. The molecule has 0 aliphatic carbocycles. The van der Waals surface area contributed by atoms with Gasteiger partial charge in [-0.2, -0.15) is 0 Å². The van der Waals surface area contributed by atoms with Crippen LogP contribution in [0.4, 0.5) is 0 Å². The lowest BCUT2D eigenvalue weighted by Crippen LogP contribution is -2.43. The van der Waals surface area contributed by atoms with Crippen LogP contribution in [-0.4, -0.2) is 64.2 Å². The van der Waals surface area contributed by atoms with E-state index in [1.807, 2.05) is 11.8 Å². The fourth-order valence-electron chi connectivity index (χ4n) is 4.51. The Hall–Kier alpha value is -1.83. The number of benzene rings is 1. The summed E-state index contributed by atoms with van der Waals surface area (Å²) >= 11 is 1.21. The van der Waals surface area contributed by atoms with Crippen LogP contribution in [0.3, 0.4) is 0 Å². The minimum Gasteiger partial charge on any atom is -0.376 e. The molecule has 1 aromatic carbocycles. The van der Waals surface area contributed by atoms with Crippen molar-refractivity contribution in [2.24, 2.45) is 5.92 Å². The molecule has 0 spiro atoms. The molecule has 1 atom stereocenters. The second kappa shape index (κ2) is 9.98. The van der Waals surface area contributed by atoms with E-state index in [1.54, 1.807) is 0 Å². The molecule has 6 nitrogen and oxygen atoms in total. The van der Waals surface area contributed by atoms with Crippen LogP contribution in [0.1, 0.15) is 52.2 Å². The topological polar surface area (TPSA) is 58.6 Å². The molecule has 2 aliphatic rings. The van der Waals surface area contributed by atoms with E-state index in [0.717, 1.165) is 64.2 Å². The summed E-state index contributed by atoms with van der Waals surface area (Å²) in [6, 6.07) is 8.65. The molecule has 1 amide bonds. The Morgan fingerprint density at radius 2 is 2.00 bits per heavy atom. The van der Waals surface area contributed by atoms with Gasteiger partial charge in [-0.3, -0.25) is 9.69 Å². The Kier molecular flexibility index (Phi) is 7.12. The predicted molar refractivity (Wildman–Crippen MR) is 119 cm³/mol. The molecule has 0 unspecified atom stereocenters. The van der Waals surface area contributed by atoms with E-state index in [0.29, 0.717) is 17.3 Å². The van der Waals surface area contributed by atoms with Gasteiger partial charge in [0, 0.05) is 26.2 Å². The van der Waals surface area contributed by atoms with E-state index < -0.39 is 0 Å². The van der Waals surface area contributed by atoms with Crippen molar-refractivity contribution in [2.45, 2.75) is 52.2 Å². The number of ether oxygens (including phenoxy) is 1. The van der Waals surface area contributed by atoms with Crippen LogP contribution in [0.25, 0.3) is 0 Å². The Bertz CT molecular complexity index is 841. The van der Waals surface area contributed by atoms with E-state index in [2.05, 4.69) is 45.7 Å². The predicted octanol–water partition coefficient (Wildman–Crippen LogP) is 3.69. The summed E-state index contributed by atoms with van der Waals surface area (Å²) in [7, 11) is 0. The molecule has 3 heterocycles. The minimum atomic E-state index is 0.0698. The van der Waals surface area contributed by atoms with Crippen LogP contribution in [0.15, 0.2) is 24.3 Å². The number of hydrogen-bond donors (Lipinski definition) is 0. The number of carbonyl (C=O) groups excluding carboxylic acids is 1. The highest BCUT2D eigenvalue weighted by Gasteiger charge is 2.29. The third-order valence-corrected chi connectivity index (χ3v) is 7.24. The van der Waals surface area contributed by atoms with Gasteiger partial charge in [0.15, 0.2) is 0 Å². The molecule has 4 rings (SSSR count). The van der Waals surface area contributed by atoms with Crippen molar-refractivity contribution < 1.29 is 9.53 Å². The van der Waals surface area contributed by atoms with Crippen molar-refractivity contribution in [3.63, 3.8) is 0 Å². The van der Waals surface area contributed by atoms with E-state index in [9.17, 15) is 4.79 Å². The molecule has 1 aromatic heterocycles. The van der Waals surface area contributed by atoms with Crippen LogP contribution in [0.2, 0.25) is 0 Å². The summed E-state index contributed by atoms with van der Waals surface area (Å²) in [5, 5.41) is 4.04. The molecule has 2 aromatic rings. The first-order chi connectivity index (χ1) is 14.6. The van der Waals surface area contributed by atoms with E-state index in [4.69, 9.17) is 4.74 Å². The summed E-state index contributed by atoms with van der Waals surface area (Å²) in [5.74, 6) is 0.602. The number of aromatic nitrogens is 2. The maximum absolute atomic E-state index is 13.2. The van der Waals surface area contributed by atoms with Gasteiger partial charge in [-0.25, -0.2) is 0 Å². The molecule has 0 radical (unpaired) electrons. The van der Waals surface area contributed by atoms with Crippen molar-refractivity contribution in [1.29, 1.82) is 0 Å². The summed E-state index contributed by atoms with van der Waals surface area (Å²) in [5.41, 5.74) is 3.51. The molecule has 7 heteroatoms. The first-order valence-corrected chi connectivity index (χ1v) is 11.8. The molecule has 0 bridgehead atoms. The molecular formula is C23H32N4O2S. The SMILES string of the molecule is Cc1ccccc1CN1CCC(CN(C[C@@H]2CCCO2)C(=O)c2snnc2C)CC1. The van der Waals surface area contributed by atoms with Gasteiger partial charge in [-0.15, -0.1) is 5.10 Å². The zero-order valence-corrected chi connectivity index (χ0v) is 18.9. The standard InChI is InChI=1S/C23H32N4O2S/c1-17-6-3-4-7-20(17)15-26-11-9-19(10-12-26)14-27(16-21-8-5-13-29-21)23(28)22-18(2)24-25-30-22/h3-4,6-7,19,21H,5,8-16H2,1-2H3/t21-/m0/s1. The molecule has 162 valence electrons. The van der Waals surface area contributed by atoms with Crippen LogP contribution in [0, 0.1) is 19.8 Å². The van der Waals surface area contributed by atoms with Crippen LogP contribution in [0.5, 0.6) is 0 Å². The van der Waals surface area contributed by atoms with Crippen LogP contribution < -0.4 is 0 Å². The van der Waals surface area contributed by atoms with Crippen molar-refractivity contribution in [3.8, 4) is 0 Å². The fourth-order valence-corrected chi connectivity index (χ4v) is 5.14. The zero-order chi connectivity index (χ0) is 20.9. The quantitative estimate of drug-likeness (QED) is 0.673.